The molecule has 25 heavy (non-hydrogen) atoms. The molecule has 6 heteroatoms. The maximum Gasteiger partial charge on any atom is 0.337 e. The van der Waals surface area contributed by atoms with Crippen molar-refractivity contribution in [3.63, 3.8) is 0 Å². The number of esters is 1. The molecule has 0 aliphatic rings. The second-order valence-electron chi connectivity index (χ2n) is 6.88. The van der Waals surface area contributed by atoms with E-state index in [-0.39, 0.29) is 5.41 Å². The number of hydrogen-bond acceptors (Lipinski definition) is 5. The fraction of sp³-hybridized carbons (Fsp3) is 0.316. The second-order valence-corrected chi connectivity index (χ2v) is 6.88. The van der Waals surface area contributed by atoms with Crippen molar-refractivity contribution >= 4 is 17.0 Å². The summed E-state index contributed by atoms with van der Waals surface area (Å²) in [7, 11) is 1.35. The lowest BCUT2D eigenvalue weighted by atomic mass is 9.87. The fourth-order valence-electron chi connectivity index (χ4n) is 2.48. The number of aromatic nitrogens is 3. The minimum Gasteiger partial charge on any atom is -0.465 e. The van der Waals surface area contributed by atoms with E-state index in [9.17, 15) is 4.79 Å². The lowest BCUT2D eigenvalue weighted by Gasteiger charge is -2.19. The molecule has 1 aromatic heterocycles. The van der Waals surface area contributed by atoms with Gasteiger partial charge >= 0.3 is 5.97 Å². The number of benzene rings is 2. The zero-order valence-corrected chi connectivity index (χ0v) is 14.8. The highest BCUT2D eigenvalue weighted by Crippen LogP contribution is 2.22. The lowest BCUT2D eigenvalue weighted by molar-refractivity contribution is 0.0600. The Morgan fingerprint density at radius 3 is 2.48 bits per heavy atom. The molecule has 3 aromatic rings. The van der Waals surface area contributed by atoms with E-state index in [2.05, 4.69) is 43.2 Å². The summed E-state index contributed by atoms with van der Waals surface area (Å²) in [5, 5.41) is 8.03. The van der Waals surface area contributed by atoms with Gasteiger partial charge in [-0.15, -0.1) is 5.10 Å². The van der Waals surface area contributed by atoms with E-state index in [0.29, 0.717) is 23.2 Å². The van der Waals surface area contributed by atoms with Gasteiger partial charge in [0.1, 0.15) is 17.6 Å². The third-order valence-corrected chi connectivity index (χ3v) is 4.01. The van der Waals surface area contributed by atoms with Crippen LogP contribution in [0.3, 0.4) is 0 Å². The molecule has 0 atom stereocenters. The molecule has 2 aromatic carbocycles. The van der Waals surface area contributed by atoms with Crippen LogP contribution in [0.25, 0.3) is 11.0 Å². The molecule has 0 aliphatic heterocycles. The smallest absolute Gasteiger partial charge is 0.337 e. The predicted octanol–water partition coefficient (Wildman–Crippen LogP) is 3.14. The van der Waals surface area contributed by atoms with Gasteiger partial charge in [0, 0.05) is 0 Å². The Morgan fingerprint density at radius 2 is 1.84 bits per heavy atom. The molecule has 1 heterocycles. The Balaban J connectivity index is 1.78. The SMILES string of the molecule is COC(=O)c1ccc2nnn(OCc3ccc(C(C)(C)C)cc3)c2c1. The maximum atomic E-state index is 11.7. The standard InChI is InChI=1S/C19H21N3O3/c1-19(2,3)15-8-5-13(6-9-15)12-25-22-17-11-14(18(23)24-4)7-10-16(17)20-21-22/h5-11H,12H2,1-4H3. The summed E-state index contributed by atoms with van der Waals surface area (Å²) >= 11 is 0. The Labute approximate surface area is 146 Å². The summed E-state index contributed by atoms with van der Waals surface area (Å²) in [4.78, 5) is 18.7. The van der Waals surface area contributed by atoms with Crippen molar-refractivity contribution in [2.24, 2.45) is 0 Å². The molecule has 130 valence electrons. The van der Waals surface area contributed by atoms with Gasteiger partial charge in [-0.1, -0.05) is 49.9 Å². The van der Waals surface area contributed by atoms with Crippen molar-refractivity contribution < 1.29 is 14.4 Å². The molecule has 0 unspecified atom stereocenters. The van der Waals surface area contributed by atoms with Gasteiger partial charge in [-0.3, -0.25) is 0 Å². The monoisotopic (exact) mass is 339 g/mol. The Bertz CT molecular complexity index is 892. The van der Waals surface area contributed by atoms with Crippen molar-refractivity contribution in [1.82, 2.24) is 15.2 Å². The van der Waals surface area contributed by atoms with Gasteiger partial charge in [0.05, 0.1) is 12.7 Å². The number of carbonyl (C=O) groups excluding carboxylic acids is 1. The summed E-state index contributed by atoms with van der Waals surface area (Å²) < 4.78 is 4.74. The van der Waals surface area contributed by atoms with Crippen LogP contribution in [0.2, 0.25) is 0 Å². The van der Waals surface area contributed by atoms with E-state index >= 15 is 0 Å². The average molecular weight is 339 g/mol. The van der Waals surface area contributed by atoms with Crippen molar-refractivity contribution in [3.05, 3.63) is 59.2 Å². The van der Waals surface area contributed by atoms with E-state index in [4.69, 9.17) is 9.57 Å². The van der Waals surface area contributed by atoms with Crippen LogP contribution >= 0.6 is 0 Å². The number of rotatable bonds is 4. The van der Waals surface area contributed by atoms with Gasteiger partial charge in [0.15, 0.2) is 0 Å². The Kier molecular flexibility index (Phi) is 4.44. The summed E-state index contributed by atoms with van der Waals surface area (Å²) in [6, 6.07) is 13.3. The summed E-state index contributed by atoms with van der Waals surface area (Å²) in [5.74, 6) is -0.410. The minimum absolute atomic E-state index is 0.117. The van der Waals surface area contributed by atoms with Gasteiger partial charge in [0.25, 0.3) is 0 Å². The van der Waals surface area contributed by atoms with Crippen LogP contribution in [0.4, 0.5) is 0 Å². The normalized spacial score (nSPS) is 11.5. The number of methoxy groups -OCH3 is 1. The number of carbonyl (C=O) groups is 1. The summed E-state index contributed by atoms with van der Waals surface area (Å²) in [5.41, 5.74) is 4.11. The van der Waals surface area contributed by atoms with E-state index < -0.39 is 5.97 Å². The fourth-order valence-corrected chi connectivity index (χ4v) is 2.48. The van der Waals surface area contributed by atoms with Crippen molar-refractivity contribution in [3.8, 4) is 0 Å². The molecule has 6 nitrogen and oxygen atoms in total. The molecule has 0 amide bonds. The Hall–Kier alpha value is -2.89. The number of fused-ring (bicyclic) bond motifs is 1. The predicted molar refractivity (Wildman–Crippen MR) is 94.3 cm³/mol. The Morgan fingerprint density at radius 1 is 1.12 bits per heavy atom. The summed E-state index contributed by atoms with van der Waals surface area (Å²) in [6.45, 7) is 6.89. The van der Waals surface area contributed by atoms with Crippen LogP contribution in [0.5, 0.6) is 0 Å². The first-order chi connectivity index (χ1) is 11.9. The molecule has 3 rings (SSSR count). The van der Waals surface area contributed by atoms with Gasteiger partial charge in [-0.05, 0) is 40.0 Å². The topological polar surface area (TPSA) is 66.2 Å². The zero-order valence-electron chi connectivity index (χ0n) is 14.8. The first-order valence-corrected chi connectivity index (χ1v) is 8.05. The molecular formula is C19H21N3O3. The lowest BCUT2D eigenvalue weighted by Crippen LogP contribution is -2.14. The van der Waals surface area contributed by atoms with Gasteiger partial charge in [-0.25, -0.2) is 4.79 Å². The van der Waals surface area contributed by atoms with E-state index in [0.717, 1.165) is 5.56 Å². The van der Waals surface area contributed by atoms with E-state index in [1.165, 1.54) is 17.5 Å². The highest BCUT2D eigenvalue weighted by molar-refractivity contribution is 5.93. The number of hydrogen-bond donors (Lipinski definition) is 0. The molecule has 0 saturated carbocycles. The average Bonchev–Trinajstić information content (AvgIpc) is 3.01. The molecule has 0 N–H and O–H groups in total. The highest BCUT2D eigenvalue weighted by Gasteiger charge is 2.14. The minimum atomic E-state index is -0.410. The van der Waals surface area contributed by atoms with Crippen LogP contribution < -0.4 is 4.84 Å². The van der Waals surface area contributed by atoms with Gasteiger partial charge in [0.2, 0.25) is 0 Å². The zero-order chi connectivity index (χ0) is 18.0. The van der Waals surface area contributed by atoms with Crippen LogP contribution in [0.1, 0.15) is 42.3 Å². The molecule has 0 spiro atoms. The largest absolute Gasteiger partial charge is 0.465 e. The van der Waals surface area contributed by atoms with Gasteiger partial charge < -0.3 is 9.57 Å². The number of ether oxygens (including phenoxy) is 1. The number of nitrogens with zero attached hydrogens (tertiary/aromatic N) is 3. The summed E-state index contributed by atoms with van der Waals surface area (Å²) in [6.07, 6.45) is 0. The van der Waals surface area contributed by atoms with E-state index in [1.807, 2.05) is 12.1 Å². The van der Waals surface area contributed by atoms with Crippen LogP contribution in [-0.4, -0.2) is 28.2 Å². The first kappa shape index (κ1) is 17.0. The quantitative estimate of drug-likeness (QED) is 0.683. The van der Waals surface area contributed by atoms with Crippen molar-refractivity contribution in [1.29, 1.82) is 0 Å². The second kappa shape index (κ2) is 6.55. The molecule has 0 radical (unpaired) electrons. The molecule has 0 fully saturated rings. The molecule has 0 bridgehead atoms. The third kappa shape index (κ3) is 3.63. The van der Waals surface area contributed by atoms with Gasteiger partial charge in [-0.2, -0.15) is 0 Å². The maximum absolute atomic E-state index is 11.7. The third-order valence-electron chi connectivity index (χ3n) is 4.01. The van der Waals surface area contributed by atoms with Crippen LogP contribution in [0, 0.1) is 0 Å². The van der Waals surface area contributed by atoms with Crippen LogP contribution in [-0.2, 0) is 16.8 Å². The van der Waals surface area contributed by atoms with Crippen molar-refractivity contribution in [2.75, 3.05) is 7.11 Å². The van der Waals surface area contributed by atoms with E-state index in [1.54, 1.807) is 18.2 Å². The molecule has 0 aliphatic carbocycles. The van der Waals surface area contributed by atoms with Crippen molar-refractivity contribution in [2.45, 2.75) is 32.8 Å². The highest BCUT2D eigenvalue weighted by atomic mass is 16.7. The molecular weight excluding hydrogens is 318 g/mol. The first-order valence-electron chi connectivity index (χ1n) is 8.05. The molecule has 0 saturated heterocycles. The van der Waals surface area contributed by atoms with Crippen LogP contribution in [0.15, 0.2) is 42.5 Å².